The highest BCUT2D eigenvalue weighted by Crippen LogP contribution is 2.39. The molecule has 2 rings (SSSR count). The van der Waals surface area contributed by atoms with Crippen molar-refractivity contribution in [2.75, 3.05) is 7.11 Å². The molecule has 0 N–H and O–H groups in total. The van der Waals surface area contributed by atoms with Crippen LogP contribution in [-0.4, -0.2) is 18.3 Å². The summed E-state index contributed by atoms with van der Waals surface area (Å²) in [5.74, 6) is 0.622. The summed E-state index contributed by atoms with van der Waals surface area (Å²) in [7, 11) is 1.61. The molecular formula is C13H14N2O. The number of rotatable bonds is 4. The minimum Gasteiger partial charge on any atom is -0.481 e. The first-order valence-corrected chi connectivity index (χ1v) is 5.18. The molecule has 1 aromatic heterocycles. The first-order chi connectivity index (χ1) is 7.80. The Bertz CT molecular complexity index is 438. The van der Waals surface area contributed by atoms with Crippen LogP contribution in [0.15, 0.2) is 47.6 Å². The molecule has 0 atom stereocenters. The van der Waals surface area contributed by atoms with Gasteiger partial charge in [-0.1, -0.05) is 6.08 Å². The zero-order chi connectivity index (χ0) is 11.4. The van der Waals surface area contributed by atoms with E-state index in [1.165, 1.54) is 0 Å². The zero-order valence-electron chi connectivity index (χ0n) is 9.42. The maximum Gasteiger partial charge on any atom is 0.212 e. The third-order valence-corrected chi connectivity index (χ3v) is 2.46. The summed E-state index contributed by atoms with van der Waals surface area (Å²) >= 11 is 0. The minimum absolute atomic E-state index is 0.265. The lowest BCUT2D eigenvalue weighted by Gasteiger charge is -2.10. The van der Waals surface area contributed by atoms with Gasteiger partial charge < -0.3 is 4.74 Å². The molecule has 0 amide bonds. The number of ether oxygens (including phenoxy) is 1. The van der Waals surface area contributed by atoms with Gasteiger partial charge in [0.25, 0.3) is 0 Å². The van der Waals surface area contributed by atoms with Crippen LogP contribution in [0.1, 0.15) is 12.5 Å². The summed E-state index contributed by atoms with van der Waals surface area (Å²) < 4.78 is 5.02. The van der Waals surface area contributed by atoms with Gasteiger partial charge in [-0.05, 0) is 31.2 Å². The van der Waals surface area contributed by atoms with Crippen LogP contribution in [0.3, 0.4) is 0 Å². The lowest BCUT2D eigenvalue weighted by atomic mass is 10.1. The molecule has 1 aliphatic rings. The molecule has 0 saturated heterocycles. The van der Waals surface area contributed by atoms with E-state index in [9.17, 15) is 0 Å². The summed E-state index contributed by atoms with van der Waals surface area (Å²) in [6.07, 6.45) is 11.6. The average molecular weight is 214 g/mol. The van der Waals surface area contributed by atoms with E-state index in [4.69, 9.17) is 4.74 Å². The van der Waals surface area contributed by atoms with Crippen LogP contribution in [0.2, 0.25) is 0 Å². The van der Waals surface area contributed by atoms with Crippen LogP contribution in [0.5, 0.6) is 5.88 Å². The second-order valence-corrected chi connectivity index (χ2v) is 3.55. The van der Waals surface area contributed by atoms with E-state index in [1.54, 1.807) is 13.3 Å². The van der Waals surface area contributed by atoms with E-state index < -0.39 is 0 Å². The summed E-state index contributed by atoms with van der Waals surface area (Å²) in [5, 5.41) is 0. The van der Waals surface area contributed by atoms with Crippen LogP contribution in [0.4, 0.5) is 0 Å². The molecule has 82 valence electrons. The van der Waals surface area contributed by atoms with E-state index in [-0.39, 0.29) is 5.54 Å². The standard InChI is InChI=1S/C13H14N2O/c1-3-4-9-15-13(7-8-13)11-5-6-12(16-2)14-10-11/h3-10H,1-2H3/b4-3-,15-9?. The van der Waals surface area contributed by atoms with Crippen molar-refractivity contribution in [2.45, 2.75) is 12.5 Å². The second-order valence-electron chi connectivity index (χ2n) is 3.55. The van der Waals surface area contributed by atoms with Crippen LogP contribution in [0.25, 0.3) is 0 Å². The second kappa shape index (κ2) is 4.31. The quantitative estimate of drug-likeness (QED) is 0.570. The molecule has 0 aliphatic heterocycles. The monoisotopic (exact) mass is 214 g/mol. The van der Waals surface area contributed by atoms with Crippen molar-refractivity contribution in [2.24, 2.45) is 4.99 Å². The van der Waals surface area contributed by atoms with Gasteiger partial charge in [0.15, 0.2) is 0 Å². The highest BCUT2D eigenvalue weighted by molar-refractivity contribution is 5.73. The molecule has 0 fully saturated rings. The van der Waals surface area contributed by atoms with E-state index >= 15 is 0 Å². The van der Waals surface area contributed by atoms with E-state index in [2.05, 4.69) is 22.1 Å². The molecule has 0 aromatic carbocycles. The Morgan fingerprint density at radius 1 is 1.38 bits per heavy atom. The van der Waals surface area contributed by atoms with Crippen molar-refractivity contribution in [3.63, 3.8) is 0 Å². The maximum absolute atomic E-state index is 5.02. The Morgan fingerprint density at radius 3 is 2.69 bits per heavy atom. The fraction of sp³-hybridized carbons (Fsp3) is 0.231. The van der Waals surface area contributed by atoms with Crippen molar-refractivity contribution in [1.82, 2.24) is 4.98 Å². The van der Waals surface area contributed by atoms with Gasteiger partial charge in [-0.15, -0.1) is 0 Å². The molecule has 16 heavy (non-hydrogen) atoms. The lowest BCUT2D eigenvalue weighted by Crippen LogP contribution is -2.05. The Kier molecular flexibility index (Phi) is 2.86. The fourth-order valence-electron chi connectivity index (χ4n) is 1.42. The number of allylic oxidation sites excluding steroid dienone is 2. The summed E-state index contributed by atoms with van der Waals surface area (Å²) in [5.41, 5.74) is 0.799. The molecule has 0 unspecified atom stereocenters. The molecular weight excluding hydrogens is 200 g/mol. The van der Waals surface area contributed by atoms with Gasteiger partial charge in [0.05, 0.1) is 7.11 Å². The number of pyridine rings is 1. The summed E-state index contributed by atoms with van der Waals surface area (Å²) in [6, 6.07) is 3.83. The minimum atomic E-state index is -0.265. The summed E-state index contributed by atoms with van der Waals surface area (Å²) in [4.78, 5) is 8.66. The molecule has 1 aromatic rings. The molecule has 1 aliphatic carbocycles. The zero-order valence-corrected chi connectivity index (χ0v) is 9.42. The van der Waals surface area contributed by atoms with E-state index in [0.29, 0.717) is 5.88 Å². The topological polar surface area (TPSA) is 34.5 Å². The molecule has 0 spiro atoms. The van der Waals surface area contributed by atoms with Crippen molar-refractivity contribution in [1.29, 1.82) is 0 Å². The number of aliphatic imine (C=N–C) groups is 1. The van der Waals surface area contributed by atoms with Crippen LogP contribution in [0, 0.1) is 0 Å². The van der Waals surface area contributed by atoms with Gasteiger partial charge in [-0.25, -0.2) is 4.98 Å². The van der Waals surface area contributed by atoms with Crippen LogP contribution >= 0.6 is 0 Å². The van der Waals surface area contributed by atoms with E-state index in [0.717, 1.165) is 5.56 Å². The highest BCUT2D eigenvalue weighted by Gasteiger charge is 2.35. The Balaban J connectivity index is 2.17. The molecule has 0 bridgehead atoms. The maximum atomic E-state index is 5.02. The SMILES string of the molecule is C/C=C\C=NC1(c2ccc(OC)nc2)C=C1. The van der Waals surface area contributed by atoms with Crippen molar-refractivity contribution < 1.29 is 4.74 Å². The highest BCUT2D eigenvalue weighted by atomic mass is 16.5. The summed E-state index contributed by atoms with van der Waals surface area (Å²) in [6.45, 7) is 1.97. The van der Waals surface area contributed by atoms with Gasteiger partial charge in [0.1, 0.15) is 5.54 Å². The third kappa shape index (κ3) is 2.03. The fourth-order valence-corrected chi connectivity index (χ4v) is 1.42. The third-order valence-electron chi connectivity index (χ3n) is 2.46. The smallest absolute Gasteiger partial charge is 0.212 e. The normalized spacial score (nSPS) is 17.1. The average Bonchev–Trinajstić information content (AvgIpc) is 3.11. The van der Waals surface area contributed by atoms with Crippen molar-refractivity contribution >= 4 is 6.21 Å². The molecule has 3 nitrogen and oxygen atoms in total. The van der Waals surface area contributed by atoms with Gasteiger partial charge >= 0.3 is 0 Å². The number of methoxy groups -OCH3 is 1. The van der Waals surface area contributed by atoms with Gasteiger partial charge in [0.2, 0.25) is 5.88 Å². The van der Waals surface area contributed by atoms with Crippen LogP contribution in [-0.2, 0) is 5.54 Å². The molecule has 0 saturated carbocycles. The molecule has 3 heteroatoms. The number of aromatic nitrogens is 1. The predicted octanol–water partition coefficient (Wildman–Crippen LogP) is 2.50. The van der Waals surface area contributed by atoms with Crippen molar-refractivity contribution in [3.05, 3.63) is 48.2 Å². The van der Waals surface area contributed by atoms with Gasteiger partial charge in [-0.3, -0.25) is 4.99 Å². The Morgan fingerprint density at radius 2 is 2.19 bits per heavy atom. The lowest BCUT2D eigenvalue weighted by molar-refractivity contribution is 0.397. The Hall–Kier alpha value is -1.90. The number of hydrogen-bond acceptors (Lipinski definition) is 3. The van der Waals surface area contributed by atoms with Gasteiger partial charge in [0, 0.05) is 24.0 Å². The first kappa shape index (κ1) is 10.6. The van der Waals surface area contributed by atoms with E-state index in [1.807, 2.05) is 37.4 Å². The Labute approximate surface area is 95.2 Å². The molecule has 0 radical (unpaired) electrons. The predicted molar refractivity (Wildman–Crippen MR) is 64.9 cm³/mol. The number of hydrogen-bond donors (Lipinski definition) is 0. The molecule has 1 heterocycles. The first-order valence-electron chi connectivity index (χ1n) is 5.18. The number of nitrogens with zero attached hydrogens (tertiary/aromatic N) is 2. The largest absolute Gasteiger partial charge is 0.481 e. The van der Waals surface area contributed by atoms with Gasteiger partial charge in [-0.2, -0.15) is 0 Å². The van der Waals surface area contributed by atoms with Crippen LogP contribution < -0.4 is 4.74 Å². The van der Waals surface area contributed by atoms with Crippen molar-refractivity contribution in [3.8, 4) is 5.88 Å².